The lowest BCUT2D eigenvalue weighted by Gasteiger charge is -2.64. The molecule has 0 saturated heterocycles. The second-order valence-corrected chi connectivity index (χ2v) is 10.9. The number of methoxy groups -OCH3 is 1. The van der Waals surface area contributed by atoms with Crippen molar-refractivity contribution in [3.8, 4) is 0 Å². The number of ether oxygens (including phenoxy) is 3. The molecule has 3 saturated carbocycles. The zero-order chi connectivity index (χ0) is 24.6. The Morgan fingerprint density at radius 2 is 1.88 bits per heavy atom. The zero-order valence-corrected chi connectivity index (χ0v) is 20.1. The van der Waals surface area contributed by atoms with Gasteiger partial charge in [-0.05, 0) is 48.8 Å². The van der Waals surface area contributed by atoms with Crippen LogP contribution in [0.4, 0.5) is 9.18 Å². The summed E-state index contributed by atoms with van der Waals surface area (Å²) in [5.74, 6) is -4.04. The summed E-state index contributed by atoms with van der Waals surface area (Å²) in [6, 6.07) is 0. The first-order chi connectivity index (χ1) is 15.3. The molecule has 0 unspecified atom stereocenters. The SMILES string of the molecule is COC(=O)O[C@]1(OC(C)=O)[C@@H](C)C[C@H]2[C@@H]3C[C@H](F)C4=CC(=O)C=C[C@]4(C)[C@@]3(Cl)[C@@H](O)C[C@@]21C. The number of carbonyl (C=O) groups excluding carboxylic acids is 3. The van der Waals surface area contributed by atoms with Crippen LogP contribution in [0.2, 0.25) is 0 Å². The van der Waals surface area contributed by atoms with Crippen molar-refractivity contribution in [1.82, 2.24) is 0 Å². The van der Waals surface area contributed by atoms with Gasteiger partial charge < -0.3 is 19.3 Å². The average molecular weight is 485 g/mol. The van der Waals surface area contributed by atoms with Crippen molar-refractivity contribution in [2.75, 3.05) is 7.11 Å². The van der Waals surface area contributed by atoms with E-state index in [9.17, 15) is 19.5 Å². The minimum atomic E-state index is -1.71. The van der Waals surface area contributed by atoms with Crippen LogP contribution in [0.15, 0.2) is 23.8 Å². The van der Waals surface area contributed by atoms with Gasteiger partial charge in [-0.15, -0.1) is 11.6 Å². The minimum Gasteiger partial charge on any atom is -0.438 e. The Morgan fingerprint density at radius 1 is 1.21 bits per heavy atom. The summed E-state index contributed by atoms with van der Waals surface area (Å²) < 4.78 is 31.6. The van der Waals surface area contributed by atoms with Gasteiger partial charge in [0.05, 0.1) is 23.5 Å². The number of ketones is 1. The van der Waals surface area contributed by atoms with Crippen LogP contribution in [0, 0.1) is 28.6 Å². The molecule has 0 bridgehead atoms. The summed E-state index contributed by atoms with van der Waals surface area (Å²) in [5.41, 5.74) is -1.88. The van der Waals surface area contributed by atoms with E-state index in [1.165, 1.54) is 19.1 Å². The predicted octanol–water partition coefficient (Wildman–Crippen LogP) is 3.86. The highest BCUT2D eigenvalue weighted by molar-refractivity contribution is 6.26. The van der Waals surface area contributed by atoms with E-state index >= 15 is 4.39 Å². The van der Waals surface area contributed by atoms with Crippen LogP contribution >= 0.6 is 11.6 Å². The third-order valence-corrected chi connectivity index (χ3v) is 9.69. The van der Waals surface area contributed by atoms with Crippen LogP contribution in [0.3, 0.4) is 0 Å². The number of hydrogen-bond donors (Lipinski definition) is 1. The number of alkyl halides is 2. The molecule has 4 rings (SSSR count). The van der Waals surface area contributed by atoms with Crippen molar-refractivity contribution < 1.29 is 38.1 Å². The van der Waals surface area contributed by atoms with Gasteiger partial charge in [-0.3, -0.25) is 9.59 Å². The quantitative estimate of drug-likeness (QED) is 0.361. The Hall–Kier alpha value is -1.93. The first-order valence-corrected chi connectivity index (χ1v) is 11.6. The lowest BCUT2D eigenvalue weighted by molar-refractivity contribution is -0.286. The third-order valence-electron chi connectivity index (χ3n) is 8.77. The first kappa shape index (κ1) is 24.2. The molecular formula is C24H30ClFO7. The van der Waals surface area contributed by atoms with E-state index in [-0.39, 0.29) is 30.1 Å². The summed E-state index contributed by atoms with van der Waals surface area (Å²) in [7, 11) is 1.16. The van der Waals surface area contributed by atoms with Crippen LogP contribution in [-0.2, 0) is 23.8 Å². The molecular weight excluding hydrogens is 455 g/mol. The summed E-state index contributed by atoms with van der Waals surface area (Å²) in [6.45, 7) is 6.55. The van der Waals surface area contributed by atoms with Gasteiger partial charge in [0.15, 0.2) is 5.78 Å². The molecule has 0 aromatic rings. The fourth-order valence-electron chi connectivity index (χ4n) is 7.32. The highest BCUT2D eigenvalue weighted by atomic mass is 35.5. The highest BCUT2D eigenvalue weighted by Gasteiger charge is 2.77. The lowest BCUT2D eigenvalue weighted by Crippen LogP contribution is -2.69. The molecule has 182 valence electrons. The molecule has 0 radical (unpaired) electrons. The Bertz CT molecular complexity index is 964. The Kier molecular flexibility index (Phi) is 5.53. The van der Waals surface area contributed by atoms with E-state index in [2.05, 4.69) is 0 Å². The number of hydrogen-bond acceptors (Lipinski definition) is 7. The summed E-state index contributed by atoms with van der Waals surface area (Å²) in [5, 5.41) is 11.6. The Morgan fingerprint density at radius 3 is 2.48 bits per heavy atom. The van der Waals surface area contributed by atoms with Crippen LogP contribution in [0.1, 0.15) is 47.0 Å². The number of aliphatic hydroxyl groups excluding tert-OH is 1. The number of carbonyl (C=O) groups is 3. The zero-order valence-electron chi connectivity index (χ0n) is 19.4. The molecule has 0 amide bonds. The molecule has 4 aliphatic rings. The van der Waals surface area contributed by atoms with E-state index in [1.54, 1.807) is 26.8 Å². The molecule has 0 aromatic heterocycles. The molecule has 0 aromatic carbocycles. The van der Waals surface area contributed by atoms with Crippen molar-refractivity contribution in [3.05, 3.63) is 23.8 Å². The van der Waals surface area contributed by atoms with Gasteiger partial charge in [-0.25, -0.2) is 9.18 Å². The highest BCUT2D eigenvalue weighted by Crippen LogP contribution is 2.72. The Balaban J connectivity index is 1.86. The molecule has 4 aliphatic carbocycles. The second kappa shape index (κ2) is 7.54. The topological polar surface area (TPSA) is 99.1 Å². The van der Waals surface area contributed by atoms with Gasteiger partial charge in [-0.1, -0.05) is 26.8 Å². The molecule has 3 fully saturated rings. The maximum atomic E-state index is 15.6. The minimum absolute atomic E-state index is 0.00947. The van der Waals surface area contributed by atoms with Crippen molar-refractivity contribution in [2.24, 2.45) is 28.6 Å². The van der Waals surface area contributed by atoms with Crippen LogP contribution in [0.5, 0.6) is 0 Å². The van der Waals surface area contributed by atoms with Gasteiger partial charge in [0.1, 0.15) is 6.17 Å². The standard InChI is InChI=1S/C24H30ClFO7/c1-12-8-15-16-10-18(26)17-9-14(28)6-7-21(17,3)23(16,25)19(29)11-22(15,4)24(12,32-13(2)27)33-20(30)31-5/h6-7,9,12,15-16,18-19,29H,8,10-11H2,1-5H3/t12-,15-,16-,18-,19-,21-,22-,23-,24+/m0/s1. The summed E-state index contributed by atoms with van der Waals surface area (Å²) in [6.07, 6.45) is 1.08. The van der Waals surface area contributed by atoms with Gasteiger partial charge in [0.2, 0.25) is 0 Å². The first-order valence-electron chi connectivity index (χ1n) is 11.2. The normalized spacial score (nSPS) is 48.2. The number of rotatable bonds is 2. The molecule has 33 heavy (non-hydrogen) atoms. The molecule has 7 nitrogen and oxygen atoms in total. The van der Waals surface area contributed by atoms with Gasteiger partial charge in [0.25, 0.3) is 5.79 Å². The molecule has 1 N–H and O–H groups in total. The van der Waals surface area contributed by atoms with E-state index < -0.39 is 57.7 Å². The van der Waals surface area contributed by atoms with E-state index in [4.69, 9.17) is 25.8 Å². The van der Waals surface area contributed by atoms with Crippen LogP contribution in [0.25, 0.3) is 0 Å². The second-order valence-electron chi connectivity index (χ2n) is 10.3. The number of aliphatic hydroxyl groups is 1. The van der Waals surface area contributed by atoms with E-state index in [1.807, 2.05) is 0 Å². The number of allylic oxidation sites excluding steroid dienone is 4. The van der Waals surface area contributed by atoms with Crippen molar-refractivity contribution >= 4 is 29.5 Å². The maximum Gasteiger partial charge on any atom is 0.511 e. The average Bonchev–Trinajstić information content (AvgIpc) is 2.92. The van der Waals surface area contributed by atoms with Crippen LogP contribution < -0.4 is 0 Å². The summed E-state index contributed by atoms with van der Waals surface area (Å²) in [4.78, 5) is 35.1. The number of esters is 1. The third kappa shape index (κ3) is 2.99. The van der Waals surface area contributed by atoms with E-state index in [0.29, 0.717) is 6.42 Å². The van der Waals surface area contributed by atoms with Gasteiger partial charge in [-0.2, -0.15) is 0 Å². The molecule has 9 atom stereocenters. The molecule has 0 heterocycles. The monoisotopic (exact) mass is 484 g/mol. The fraction of sp³-hybridized carbons (Fsp3) is 0.708. The molecule has 9 heteroatoms. The molecule has 0 aliphatic heterocycles. The smallest absolute Gasteiger partial charge is 0.438 e. The Labute approximate surface area is 197 Å². The summed E-state index contributed by atoms with van der Waals surface area (Å²) >= 11 is 7.30. The fourth-order valence-corrected chi connectivity index (χ4v) is 7.81. The molecule has 0 spiro atoms. The van der Waals surface area contributed by atoms with Gasteiger partial charge >= 0.3 is 12.1 Å². The predicted molar refractivity (Wildman–Crippen MR) is 116 cm³/mol. The van der Waals surface area contributed by atoms with Crippen molar-refractivity contribution in [2.45, 2.75) is 69.9 Å². The van der Waals surface area contributed by atoms with Gasteiger partial charge in [0, 0.05) is 18.3 Å². The van der Waals surface area contributed by atoms with Crippen molar-refractivity contribution in [3.63, 3.8) is 0 Å². The van der Waals surface area contributed by atoms with Crippen LogP contribution in [-0.4, -0.2) is 53.1 Å². The van der Waals surface area contributed by atoms with E-state index in [0.717, 1.165) is 7.11 Å². The largest absolute Gasteiger partial charge is 0.511 e. The number of halogens is 2. The van der Waals surface area contributed by atoms with Crippen molar-refractivity contribution in [1.29, 1.82) is 0 Å². The number of fused-ring (bicyclic) bond motifs is 5. The maximum absolute atomic E-state index is 15.6. The lowest BCUT2D eigenvalue weighted by atomic mass is 9.46.